The number of carbonyl (C=O) groups is 1. The fourth-order valence-corrected chi connectivity index (χ4v) is 2.74. The summed E-state index contributed by atoms with van der Waals surface area (Å²) in [7, 11) is 0. The maximum Gasteiger partial charge on any atom is 0.271 e. The van der Waals surface area contributed by atoms with Gasteiger partial charge in [0.1, 0.15) is 5.75 Å². The number of carbonyl (C=O) groups excluding carboxylic acids is 1. The third-order valence-corrected chi connectivity index (χ3v) is 4.13. The van der Waals surface area contributed by atoms with E-state index in [0.29, 0.717) is 22.7 Å². The number of nitro groups is 2. The Morgan fingerprint density at radius 2 is 1.32 bits per heavy atom. The van der Waals surface area contributed by atoms with E-state index in [0.717, 1.165) is 0 Å². The Balaban J connectivity index is 1.60. The molecule has 0 saturated heterocycles. The normalized spacial score (nSPS) is 10.1. The first-order valence-corrected chi connectivity index (χ1v) is 9.12. The molecule has 0 unspecified atom stereocenters. The number of hydrogen-bond donors (Lipinski definition) is 2. The Hall–Kier alpha value is -4.38. The van der Waals surface area contributed by atoms with Gasteiger partial charge in [-0.15, -0.1) is 0 Å². The zero-order chi connectivity index (χ0) is 22.4. The molecule has 0 aromatic heterocycles. The molecule has 11 heteroatoms. The highest BCUT2D eigenvalue weighted by atomic mass is 32.1. The van der Waals surface area contributed by atoms with Gasteiger partial charge in [-0.05, 0) is 48.6 Å². The summed E-state index contributed by atoms with van der Waals surface area (Å²) in [5, 5.41) is 27.0. The van der Waals surface area contributed by atoms with E-state index in [4.69, 9.17) is 17.0 Å². The Morgan fingerprint density at radius 3 is 1.84 bits per heavy atom. The number of thiocarbonyl (C=S) groups is 1. The molecule has 0 heterocycles. The average molecular weight is 438 g/mol. The maximum absolute atomic E-state index is 12.3. The summed E-state index contributed by atoms with van der Waals surface area (Å²) in [6.45, 7) is 0. The summed E-state index contributed by atoms with van der Waals surface area (Å²) in [5.74, 6) is -0.112. The topological polar surface area (TPSA) is 137 Å². The largest absolute Gasteiger partial charge is 0.432 e. The number of nitrogens with one attached hydrogen (secondary N) is 2. The van der Waals surface area contributed by atoms with Crippen LogP contribution in [0, 0.1) is 20.2 Å². The van der Waals surface area contributed by atoms with E-state index in [2.05, 4.69) is 10.6 Å². The molecule has 31 heavy (non-hydrogen) atoms. The van der Waals surface area contributed by atoms with Gasteiger partial charge in [-0.1, -0.05) is 12.1 Å². The second kappa shape index (κ2) is 9.41. The highest BCUT2D eigenvalue weighted by Crippen LogP contribution is 2.20. The second-order valence-corrected chi connectivity index (χ2v) is 6.48. The van der Waals surface area contributed by atoms with Crippen molar-refractivity contribution in [3.8, 4) is 5.75 Å². The number of anilines is 2. The number of nitrogens with zero attached hydrogens (tertiary/aromatic N) is 2. The van der Waals surface area contributed by atoms with Gasteiger partial charge in [0.15, 0.2) is 0 Å². The number of benzene rings is 3. The van der Waals surface area contributed by atoms with Crippen LogP contribution in [0.4, 0.5) is 22.7 Å². The summed E-state index contributed by atoms with van der Waals surface area (Å²) >= 11 is 5.09. The molecule has 0 fully saturated rings. The first-order chi connectivity index (χ1) is 14.8. The quantitative estimate of drug-likeness (QED) is 0.325. The summed E-state index contributed by atoms with van der Waals surface area (Å²) in [6.07, 6.45) is 0. The molecular formula is C20H14N4O6S. The number of hydrogen-bond acceptors (Lipinski definition) is 7. The van der Waals surface area contributed by atoms with Gasteiger partial charge in [0.25, 0.3) is 22.5 Å². The molecule has 0 saturated carbocycles. The van der Waals surface area contributed by atoms with Crippen molar-refractivity contribution in [3.05, 3.63) is 98.6 Å². The Morgan fingerprint density at radius 1 is 0.806 bits per heavy atom. The van der Waals surface area contributed by atoms with Crippen LogP contribution in [0.15, 0.2) is 72.8 Å². The van der Waals surface area contributed by atoms with Gasteiger partial charge in [0, 0.05) is 41.2 Å². The lowest BCUT2D eigenvalue weighted by Gasteiger charge is -2.10. The summed E-state index contributed by atoms with van der Waals surface area (Å²) in [5.41, 5.74) is 0.767. The lowest BCUT2D eigenvalue weighted by Crippen LogP contribution is -2.16. The van der Waals surface area contributed by atoms with Crippen molar-refractivity contribution in [2.75, 3.05) is 10.6 Å². The molecule has 10 nitrogen and oxygen atoms in total. The summed E-state index contributed by atoms with van der Waals surface area (Å²) in [4.78, 5) is 32.9. The fraction of sp³-hybridized carbons (Fsp3) is 0. The molecule has 0 bridgehead atoms. The van der Waals surface area contributed by atoms with Crippen molar-refractivity contribution in [1.29, 1.82) is 0 Å². The minimum absolute atomic E-state index is 0.0331. The highest BCUT2D eigenvalue weighted by molar-refractivity contribution is 7.80. The first kappa shape index (κ1) is 21.3. The van der Waals surface area contributed by atoms with Crippen molar-refractivity contribution < 1.29 is 19.4 Å². The van der Waals surface area contributed by atoms with Crippen molar-refractivity contribution >= 4 is 46.0 Å². The van der Waals surface area contributed by atoms with Gasteiger partial charge in [-0.25, -0.2) is 0 Å². The molecule has 156 valence electrons. The van der Waals surface area contributed by atoms with Gasteiger partial charge >= 0.3 is 0 Å². The van der Waals surface area contributed by atoms with Crippen LogP contribution in [0.5, 0.6) is 5.75 Å². The third-order valence-electron chi connectivity index (χ3n) is 3.95. The minimum Gasteiger partial charge on any atom is -0.432 e. The van der Waals surface area contributed by atoms with Crippen LogP contribution in [-0.4, -0.2) is 20.9 Å². The predicted molar refractivity (Wildman–Crippen MR) is 117 cm³/mol. The standard InChI is InChI=1S/C20H14N4O6S/c25-19(21-14-3-1-5-16(11-14)23(26)27)13-7-9-18(10-8-13)30-20(31)22-15-4-2-6-17(12-15)24(28)29/h1-12H,(H,21,25)(H,22,31). The van der Waals surface area contributed by atoms with Crippen LogP contribution >= 0.6 is 12.2 Å². The minimum atomic E-state index is -0.549. The molecule has 3 aromatic rings. The molecule has 0 aliphatic rings. The van der Waals surface area contributed by atoms with E-state index in [9.17, 15) is 25.0 Å². The molecule has 0 spiro atoms. The molecule has 0 atom stereocenters. The van der Waals surface area contributed by atoms with Gasteiger partial charge in [0.2, 0.25) is 0 Å². The molecule has 3 aromatic carbocycles. The van der Waals surface area contributed by atoms with Gasteiger partial charge in [-0.2, -0.15) is 0 Å². The monoisotopic (exact) mass is 438 g/mol. The second-order valence-electron chi connectivity index (χ2n) is 6.11. The van der Waals surface area contributed by atoms with Crippen LogP contribution in [0.1, 0.15) is 10.4 Å². The lowest BCUT2D eigenvalue weighted by molar-refractivity contribution is -0.385. The zero-order valence-electron chi connectivity index (χ0n) is 15.7. The number of amides is 1. The van der Waals surface area contributed by atoms with Crippen LogP contribution in [0.25, 0.3) is 0 Å². The van der Waals surface area contributed by atoms with Crippen LogP contribution in [-0.2, 0) is 0 Å². The Labute approximate surface area is 180 Å². The van der Waals surface area contributed by atoms with Crippen LogP contribution in [0.2, 0.25) is 0 Å². The van der Waals surface area contributed by atoms with Crippen molar-refractivity contribution in [2.45, 2.75) is 0 Å². The highest BCUT2D eigenvalue weighted by Gasteiger charge is 2.11. The third kappa shape index (κ3) is 5.81. The molecule has 2 N–H and O–H groups in total. The van der Waals surface area contributed by atoms with Crippen LogP contribution in [0.3, 0.4) is 0 Å². The van der Waals surface area contributed by atoms with E-state index in [1.807, 2.05) is 0 Å². The smallest absolute Gasteiger partial charge is 0.271 e. The molecule has 3 rings (SSSR count). The van der Waals surface area contributed by atoms with Gasteiger partial charge in [0.05, 0.1) is 9.85 Å². The van der Waals surface area contributed by atoms with Gasteiger partial charge in [-0.3, -0.25) is 25.0 Å². The number of rotatable bonds is 6. The lowest BCUT2D eigenvalue weighted by atomic mass is 10.2. The number of ether oxygens (including phenoxy) is 1. The molecular weight excluding hydrogens is 424 g/mol. The van der Waals surface area contributed by atoms with Gasteiger partial charge < -0.3 is 15.4 Å². The maximum atomic E-state index is 12.3. The van der Waals surface area contributed by atoms with E-state index >= 15 is 0 Å². The van der Waals surface area contributed by atoms with Crippen molar-refractivity contribution in [3.63, 3.8) is 0 Å². The Bertz CT molecular complexity index is 1170. The molecule has 0 aliphatic heterocycles. The fourth-order valence-electron chi connectivity index (χ4n) is 2.52. The number of non-ortho nitro benzene ring substituents is 2. The van der Waals surface area contributed by atoms with E-state index in [1.165, 1.54) is 60.7 Å². The van der Waals surface area contributed by atoms with E-state index in [-0.39, 0.29) is 16.5 Å². The number of nitro benzene ring substituents is 2. The zero-order valence-corrected chi connectivity index (χ0v) is 16.5. The predicted octanol–water partition coefficient (Wildman–Crippen LogP) is 4.53. The Kier molecular flexibility index (Phi) is 6.48. The van der Waals surface area contributed by atoms with Crippen LogP contribution < -0.4 is 15.4 Å². The summed E-state index contributed by atoms with van der Waals surface area (Å²) in [6, 6.07) is 17.4. The molecule has 1 amide bonds. The van der Waals surface area contributed by atoms with Crippen molar-refractivity contribution in [1.82, 2.24) is 0 Å². The first-order valence-electron chi connectivity index (χ1n) is 8.71. The SMILES string of the molecule is O=C(Nc1cccc([N+](=O)[O-])c1)c1ccc(OC(=S)Nc2cccc([N+](=O)[O-])c2)cc1. The molecule has 0 radical (unpaired) electrons. The average Bonchev–Trinajstić information content (AvgIpc) is 2.74. The van der Waals surface area contributed by atoms with Crippen molar-refractivity contribution in [2.24, 2.45) is 0 Å². The molecule has 0 aliphatic carbocycles. The summed E-state index contributed by atoms with van der Waals surface area (Å²) < 4.78 is 5.46. The van der Waals surface area contributed by atoms with E-state index < -0.39 is 15.8 Å². The van der Waals surface area contributed by atoms with E-state index in [1.54, 1.807) is 12.1 Å².